The highest BCUT2D eigenvalue weighted by atomic mass is 127. The molecule has 11 heteroatoms. The van der Waals surface area contributed by atoms with Crippen LogP contribution in [0.15, 0.2) is 53.5 Å². The minimum atomic E-state index is -4.36. The summed E-state index contributed by atoms with van der Waals surface area (Å²) in [5.74, 6) is 0.425. The summed E-state index contributed by atoms with van der Waals surface area (Å²) in [6.45, 7) is 0.576. The van der Waals surface area contributed by atoms with Crippen LogP contribution in [0.25, 0.3) is 0 Å². The van der Waals surface area contributed by atoms with E-state index in [1.807, 2.05) is 0 Å². The van der Waals surface area contributed by atoms with Crippen molar-refractivity contribution in [2.24, 2.45) is 4.99 Å². The summed E-state index contributed by atoms with van der Waals surface area (Å²) in [6.07, 6.45) is -3.29. The van der Waals surface area contributed by atoms with Crippen LogP contribution in [0.3, 0.4) is 0 Å². The van der Waals surface area contributed by atoms with Crippen molar-refractivity contribution in [3.63, 3.8) is 0 Å². The average molecular weight is 542 g/mol. The molecule has 0 amide bonds. The van der Waals surface area contributed by atoms with Crippen LogP contribution in [0.4, 0.5) is 18.9 Å². The van der Waals surface area contributed by atoms with Gasteiger partial charge in [-0.05, 0) is 29.3 Å². The third-order valence-electron chi connectivity index (χ3n) is 3.72. The third-order valence-corrected chi connectivity index (χ3v) is 4.31. The van der Waals surface area contributed by atoms with Gasteiger partial charge in [-0.3, -0.25) is 9.71 Å². The Labute approximate surface area is 185 Å². The summed E-state index contributed by atoms with van der Waals surface area (Å²) in [4.78, 5) is 4.06. The highest BCUT2D eigenvalue weighted by Crippen LogP contribution is 2.29. The van der Waals surface area contributed by atoms with Crippen molar-refractivity contribution in [1.29, 1.82) is 0 Å². The second-order valence-electron chi connectivity index (χ2n) is 6.01. The Balaban J connectivity index is 0.00000420. The first-order valence-electron chi connectivity index (χ1n) is 8.25. The van der Waals surface area contributed by atoms with E-state index in [2.05, 4.69) is 20.3 Å². The molecule has 0 saturated heterocycles. The van der Waals surface area contributed by atoms with Crippen molar-refractivity contribution < 1.29 is 21.6 Å². The highest BCUT2D eigenvalue weighted by molar-refractivity contribution is 14.0. The number of hydrogen-bond donors (Lipinski definition) is 3. The Hall–Kier alpha value is -2.02. The number of benzene rings is 2. The van der Waals surface area contributed by atoms with E-state index >= 15 is 0 Å². The van der Waals surface area contributed by atoms with Gasteiger partial charge in [-0.15, -0.1) is 24.0 Å². The van der Waals surface area contributed by atoms with Crippen LogP contribution in [-0.4, -0.2) is 27.7 Å². The van der Waals surface area contributed by atoms with Crippen molar-refractivity contribution >= 4 is 45.6 Å². The molecule has 0 fully saturated rings. The predicted molar refractivity (Wildman–Crippen MR) is 119 cm³/mol. The molecule has 2 aromatic carbocycles. The molecule has 29 heavy (non-hydrogen) atoms. The summed E-state index contributed by atoms with van der Waals surface area (Å²) in [7, 11) is -1.85. The van der Waals surface area contributed by atoms with Crippen molar-refractivity contribution in [3.8, 4) is 0 Å². The largest absolute Gasteiger partial charge is 0.416 e. The normalized spacial score (nSPS) is 12.1. The number of sulfonamides is 1. The number of anilines is 1. The van der Waals surface area contributed by atoms with Crippen LogP contribution >= 0.6 is 24.0 Å². The maximum Gasteiger partial charge on any atom is 0.416 e. The smallest absolute Gasteiger partial charge is 0.352 e. The van der Waals surface area contributed by atoms with Crippen molar-refractivity contribution in [2.45, 2.75) is 19.3 Å². The molecule has 0 aliphatic carbocycles. The minimum Gasteiger partial charge on any atom is -0.352 e. The number of nitrogens with zero attached hydrogens (tertiary/aromatic N) is 1. The fourth-order valence-electron chi connectivity index (χ4n) is 2.37. The number of nitrogens with one attached hydrogen (secondary N) is 3. The molecule has 3 N–H and O–H groups in total. The Morgan fingerprint density at radius 1 is 1.00 bits per heavy atom. The average Bonchev–Trinajstić information content (AvgIpc) is 2.61. The molecule has 0 saturated carbocycles. The lowest BCUT2D eigenvalue weighted by atomic mass is 10.1. The van der Waals surface area contributed by atoms with Gasteiger partial charge in [0.15, 0.2) is 5.96 Å². The second kappa shape index (κ2) is 10.7. The zero-order chi connectivity index (χ0) is 20.8. The van der Waals surface area contributed by atoms with Gasteiger partial charge in [0.2, 0.25) is 10.0 Å². The van der Waals surface area contributed by atoms with Gasteiger partial charge in [-0.1, -0.05) is 30.3 Å². The van der Waals surface area contributed by atoms with E-state index in [9.17, 15) is 21.6 Å². The maximum absolute atomic E-state index is 12.6. The molecule has 0 aromatic heterocycles. The molecule has 0 unspecified atom stereocenters. The van der Waals surface area contributed by atoms with Gasteiger partial charge in [0.05, 0.1) is 17.5 Å². The fourth-order valence-corrected chi connectivity index (χ4v) is 2.97. The van der Waals surface area contributed by atoms with Crippen molar-refractivity contribution in [1.82, 2.24) is 10.6 Å². The molecule has 0 aliphatic rings. The van der Waals surface area contributed by atoms with Crippen molar-refractivity contribution in [2.75, 3.05) is 18.0 Å². The second-order valence-corrected chi connectivity index (χ2v) is 7.75. The molecule has 0 spiro atoms. The maximum atomic E-state index is 12.6. The summed E-state index contributed by atoms with van der Waals surface area (Å²) >= 11 is 0. The number of alkyl halides is 3. The number of hydrogen-bond acceptors (Lipinski definition) is 3. The molecule has 160 valence electrons. The molecule has 2 rings (SSSR count). The monoisotopic (exact) mass is 542 g/mol. The minimum absolute atomic E-state index is 0. The molecule has 0 bridgehead atoms. The summed E-state index contributed by atoms with van der Waals surface area (Å²) in [6, 6.07) is 11.8. The van der Waals surface area contributed by atoms with Crippen LogP contribution in [0.1, 0.15) is 16.7 Å². The standard InChI is InChI=1S/C18H21F3N4O2S.HI/c1-22-17(23-11-13-7-9-15(10-8-13)18(19,20)21)24-12-14-5-3-4-6-16(14)25-28(2,26)27;/h3-10,25H,11-12H2,1-2H3,(H2,22,23,24);1H. The van der Waals surface area contributed by atoms with Crippen LogP contribution in [0, 0.1) is 0 Å². The molecule has 0 aliphatic heterocycles. The molecular formula is C18H22F3IN4O2S. The Kier molecular flexibility index (Phi) is 9.20. The van der Waals surface area contributed by atoms with Gasteiger partial charge in [0.25, 0.3) is 0 Å². The molecular weight excluding hydrogens is 520 g/mol. The van der Waals surface area contributed by atoms with E-state index in [0.717, 1.165) is 18.4 Å². The van der Waals surface area contributed by atoms with Crippen molar-refractivity contribution in [3.05, 3.63) is 65.2 Å². The first-order chi connectivity index (χ1) is 13.1. The zero-order valence-electron chi connectivity index (χ0n) is 15.7. The Bertz CT molecular complexity index is 933. The Morgan fingerprint density at radius 2 is 1.59 bits per heavy atom. The van der Waals surface area contributed by atoms with E-state index in [1.54, 1.807) is 31.3 Å². The lowest BCUT2D eigenvalue weighted by Gasteiger charge is -2.15. The van der Waals surface area contributed by atoms with Crippen LogP contribution in [0.5, 0.6) is 0 Å². The van der Waals surface area contributed by atoms with Gasteiger partial charge < -0.3 is 10.6 Å². The first-order valence-corrected chi connectivity index (χ1v) is 10.1. The number of halogens is 4. The van der Waals surface area contributed by atoms with Gasteiger partial charge in [-0.2, -0.15) is 13.2 Å². The zero-order valence-corrected chi connectivity index (χ0v) is 18.9. The molecule has 2 aromatic rings. The molecule has 6 nitrogen and oxygen atoms in total. The fraction of sp³-hybridized carbons (Fsp3) is 0.278. The number of guanidine groups is 1. The van der Waals surface area contributed by atoms with E-state index in [0.29, 0.717) is 29.3 Å². The number of aliphatic imine (C=N–C) groups is 1. The molecule has 0 radical (unpaired) electrons. The van der Waals surface area contributed by atoms with Gasteiger partial charge in [0.1, 0.15) is 0 Å². The quantitative estimate of drug-likeness (QED) is 0.296. The predicted octanol–water partition coefficient (Wildman–Crippen LogP) is 3.56. The summed E-state index contributed by atoms with van der Waals surface area (Å²) < 4.78 is 63.1. The van der Waals surface area contributed by atoms with E-state index in [4.69, 9.17) is 0 Å². The number of para-hydroxylation sites is 1. The molecule has 0 heterocycles. The summed E-state index contributed by atoms with van der Waals surface area (Å²) in [5.41, 5.74) is 1.13. The van der Waals surface area contributed by atoms with Gasteiger partial charge in [-0.25, -0.2) is 8.42 Å². The van der Waals surface area contributed by atoms with Crippen LogP contribution in [-0.2, 0) is 29.3 Å². The molecule has 0 atom stereocenters. The van der Waals surface area contributed by atoms with Crippen LogP contribution in [0.2, 0.25) is 0 Å². The van der Waals surface area contributed by atoms with Gasteiger partial charge >= 0.3 is 6.18 Å². The highest BCUT2D eigenvalue weighted by Gasteiger charge is 2.29. The van der Waals surface area contributed by atoms with Crippen LogP contribution < -0.4 is 15.4 Å². The topological polar surface area (TPSA) is 82.6 Å². The lowest BCUT2D eigenvalue weighted by Crippen LogP contribution is -2.36. The SMILES string of the molecule is CN=C(NCc1ccc(C(F)(F)F)cc1)NCc1ccccc1NS(C)(=O)=O.I. The summed E-state index contributed by atoms with van der Waals surface area (Å²) in [5, 5.41) is 6.04. The number of rotatable bonds is 6. The Morgan fingerprint density at radius 3 is 2.14 bits per heavy atom. The van der Waals surface area contributed by atoms with E-state index < -0.39 is 21.8 Å². The van der Waals surface area contributed by atoms with E-state index in [-0.39, 0.29) is 30.5 Å². The van der Waals surface area contributed by atoms with E-state index in [1.165, 1.54) is 12.1 Å². The van der Waals surface area contributed by atoms with Gasteiger partial charge in [0, 0.05) is 20.1 Å². The lowest BCUT2D eigenvalue weighted by molar-refractivity contribution is -0.137. The third kappa shape index (κ3) is 8.48. The first kappa shape index (κ1) is 25.0.